The van der Waals surface area contributed by atoms with Crippen LogP contribution < -0.4 is 0 Å². The molecule has 0 radical (unpaired) electrons. The highest BCUT2D eigenvalue weighted by atomic mass is 16.4. The lowest BCUT2D eigenvalue weighted by molar-refractivity contribution is -0.144. The quantitative estimate of drug-likeness (QED) is 0.800. The zero-order chi connectivity index (χ0) is 11.1. The summed E-state index contributed by atoms with van der Waals surface area (Å²) in [6, 6.07) is 8.05. The first kappa shape index (κ1) is 9.97. The lowest BCUT2D eigenvalue weighted by Gasteiger charge is -2.20. The summed E-state index contributed by atoms with van der Waals surface area (Å²) in [5, 5.41) is 9.14. The third-order valence-electron chi connectivity index (χ3n) is 3.10. The van der Waals surface area contributed by atoms with Crippen molar-refractivity contribution in [3.63, 3.8) is 0 Å². The first-order valence-corrected chi connectivity index (χ1v) is 5.04. The smallest absolute Gasteiger partial charge is 0.313 e. The maximum Gasteiger partial charge on any atom is 0.313 e. The second-order valence-electron chi connectivity index (χ2n) is 4.48. The summed E-state index contributed by atoms with van der Waals surface area (Å²) in [6.45, 7) is 3.51. The Labute approximate surface area is 89.2 Å². The Bertz CT molecular complexity index is 442. The standard InChI is InChI=1S/C13H14O2/c1-13(2,12(14)15)11-7-9-5-3-4-6-10(9)8-11/h3-7H,8H2,1-2H3,(H,14,15). The average molecular weight is 202 g/mol. The fraction of sp³-hybridized carbons (Fsp3) is 0.308. The van der Waals surface area contributed by atoms with Crippen molar-refractivity contribution in [1.29, 1.82) is 0 Å². The van der Waals surface area contributed by atoms with E-state index in [4.69, 9.17) is 5.11 Å². The minimum Gasteiger partial charge on any atom is -0.481 e. The molecule has 0 aromatic heterocycles. The van der Waals surface area contributed by atoms with Crippen LogP contribution in [0, 0.1) is 5.41 Å². The molecule has 0 spiro atoms. The summed E-state index contributed by atoms with van der Waals surface area (Å²) in [7, 11) is 0. The van der Waals surface area contributed by atoms with Crippen LogP contribution in [0.2, 0.25) is 0 Å². The van der Waals surface area contributed by atoms with Gasteiger partial charge in [-0.25, -0.2) is 0 Å². The first-order valence-electron chi connectivity index (χ1n) is 5.04. The molecule has 1 N–H and O–H groups in total. The molecule has 0 saturated carbocycles. The third kappa shape index (κ3) is 1.56. The monoisotopic (exact) mass is 202 g/mol. The van der Waals surface area contributed by atoms with Gasteiger partial charge in [-0.15, -0.1) is 0 Å². The molecule has 0 bridgehead atoms. The van der Waals surface area contributed by atoms with Gasteiger partial charge in [0.25, 0.3) is 0 Å². The topological polar surface area (TPSA) is 37.3 Å². The minimum atomic E-state index is -0.765. The molecule has 2 heteroatoms. The van der Waals surface area contributed by atoms with Gasteiger partial charge < -0.3 is 5.11 Å². The van der Waals surface area contributed by atoms with E-state index < -0.39 is 11.4 Å². The zero-order valence-corrected chi connectivity index (χ0v) is 8.95. The average Bonchev–Trinajstić information content (AvgIpc) is 2.61. The van der Waals surface area contributed by atoms with E-state index in [1.807, 2.05) is 24.3 Å². The molecule has 0 fully saturated rings. The highest BCUT2D eigenvalue weighted by molar-refractivity contribution is 5.82. The fourth-order valence-electron chi connectivity index (χ4n) is 1.82. The number of carbonyl (C=O) groups is 1. The van der Waals surface area contributed by atoms with Gasteiger partial charge >= 0.3 is 5.97 Å². The number of rotatable bonds is 2. The van der Waals surface area contributed by atoms with Gasteiger partial charge in [-0.3, -0.25) is 4.79 Å². The van der Waals surface area contributed by atoms with E-state index in [0.29, 0.717) is 0 Å². The minimum absolute atomic E-state index is 0.759. The van der Waals surface area contributed by atoms with E-state index in [-0.39, 0.29) is 0 Å². The van der Waals surface area contributed by atoms with E-state index in [1.165, 1.54) is 5.56 Å². The van der Waals surface area contributed by atoms with E-state index in [0.717, 1.165) is 17.6 Å². The molecule has 0 heterocycles. The Morgan fingerprint density at radius 2 is 2.00 bits per heavy atom. The van der Waals surface area contributed by atoms with Gasteiger partial charge in [-0.1, -0.05) is 30.3 Å². The summed E-state index contributed by atoms with van der Waals surface area (Å²) < 4.78 is 0. The Morgan fingerprint density at radius 3 is 2.60 bits per heavy atom. The molecule has 1 aliphatic rings. The van der Waals surface area contributed by atoms with E-state index in [1.54, 1.807) is 13.8 Å². The van der Waals surface area contributed by atoms with E-state index in [9.17, 15) is 4.79 Å². The number of benzene rings is 1. The maximum absolute atomic E-state index is 11.1. The van der Waals surface area contributed by atoms with Crippen LogP contribution in [0.15, 0.2) is 29.8 Å². The number of aliphatic carboxylic acids is 1. The highest BCUT2D eigenvalue weighted by Crippen LogP contribution is 2.36. The molecule has 2 nitrogen and oxygen atoms in total. The van der Waals surface area contributed by atoms with Crippen LogP contribution >= 0.6 is 0 Å². The van der Waals surface area contributed by atoms with Gasteiger partial charge in [0.05, 0.1) is 5.41 Å². The third-order valence-corrected chi connectivity index (χ3v) is 3.10. The Hall–Kier alpha value is -1.57. The van der Waals surface area contributed by atoms with Crippen LogP contribution in [0.25, 0.3) is 6.08 Å². The maximum atomic E-state index is 11.1. The predicted octanol–water partition coefficient (Wildman–Crippen LogP) is 2.74. The van der Waals surface area contributed by atoms with Crippen molar-refractivity contribution in [1.82, 2.24) is 0 Å². The fourth-order valence-corrected chi connectivity index (χ4v) is 1.82. The van der Waals surface area contributed by atoms with Crippen molar-refractivity contribution in [2.45, 2.75) is 20.3 Å². The van der Waals surface area contributed by atoms with E-state index >= 15 is 0 Å². The lowest BCUT2D eigenvalue weighted by atomic mass is 9.83. The molecule has 2 rings (SSSR count). The van der Waals surface area contributed by atoms with Gasteiger partial charge in [0, 0.05) is 0 Å². The molecule has 1 aromatic carbocycles. The Balaban J connectivity index is 2.36. The molecule has 78 valence electrons. The largest absolute Gasteiger partial charge is 0.481 e. The summed E-state index contributed by atoms with van der Waals surface area (Å²) in [5.41, 5.74) is 2.60. The SMILES string of the molecule is CC(C)(C(=O)O)C1=Cc2ccccc2C1. The summed E-state index contributed by atoms with van der Waals surface area (Å²) in [5.74, 6) is -0.762. The van der Waals surface area contributed by atoms with Gasteiger partial charge in [0.2, 0.25) is 0 Å². The second kappa shape index (κ2) is 3.23. The molecule has 0 unspecified atom stereocenters. The molecule has 1 aliphatic carbocycles. The summed E-state index contributed by atoms with van der Waals surface area (Å²) >= 11 is 0. The Morgan fingerprint density at radius 1 is 1.33 bits per heavy atom. The number of carboxylic acids is 1. The van der Waals surface area contributed by atoms with Crippen LogP contribution in [0.4, 0.5) is 0 Å². The molecule has 0 atom stereocenters. The highest BCUT2D eigenvalue weighted by Gasteiger charge is 2.33. The van der Waals surface area contributed by atoms with Gasteiger partial charge in [0.1, 0.15) is 0 Å². The van der Waals surface area contributed by atoms with Crippen molar-refractivity contribution in [2.75, 3.05) is 0 Å². The number of hydrogen-bond donors (Lipinski definition) is 1. The van der Waals surface area contributed by atoms with Crippen molar-refractivity contribution in [3.8, 4) is 0 Å². The van der Waals surface area contributed by atoms with Gasteiger partial charge in [0.15, 0.2) is 0 Å². The molecular weight excluding hydrogens is 188 g/mol. The van der Waals surface area contributed by atoms with Gasteiger partial charge in [-0.05, 0) is 37.0 Å². The molecule has 0 saturated heterocycles. The predicted molar refractivity (Wildman–Crippen MR) is 59.5 cm³/mol. The summed E-state index contributed by atoms with van der Waals surface area (Å²) in [4.78, 5) is 11.1. The van der Waals surface area contributed by atoms with Crippen LogP contribution in [0.5, 0.6) is 0 Å². The first-order chi connectivity index (χ1) is 7.01. The van der Waals surface area contributed by atoms with Crippen molar-refractivity contribution >= 4 is 12.0 Å². The molecule has 1 aromatic rings. The molecule has 0 aliphatic heterocycles. The lowest BCUT2D eigenvalue weighted by Crippen LogP contribution is -2.26. The number of fused-ring (bicyclic) bond motifs is 1. The van der Waals surface area contributed by atoms with Crippen LogP contribution in [-0.4, -0.2) is 11.1 Å². The molecular formula is C13H14O2. The second-order valence-corrected chi connectivity index (χ2v) is 4.48. The van der Waals surface area contributed by atoms with E-state index in [2.05, 4.69) is 6.07 Å². The van der Waals surface area contributed by atoms with Gasteiger partial charge in [-0.2, -0.15) is 0 Å². The van der Waals surface area contributed by atoms with Crippen molar-refractivity contribution < 1.29 is 9.90 Å². The van der Waals surface area contributed by atoms with Crippen LogP contribution in [0.3, 0.4) is 0 Å². The zero-order valence-electron chi connectivity index (χ0n) is 8.95. The summed E-state index contributed by atoms with van der Waals surface area (Å²) in [6.07, 6.45) is 2.76. The number of carboxylic acid groups (broad SMARTS) is 1. The molecule has 15 heavy (non-hydrogen) atoms. The normalized spacial score (nSPS) is 14.7. The van der Waals surface area contributed by atoms with Crippen molar-refractivity contribution in [3.05, 3.63) is 41.0 Å². The molecule has 0 amide bonds. The van der Waals surface area contributed by atoms with Crippen LogP contribution in [-0.2, 0) is 11.2 Å². The number of hydrogen-bond acceptors (Lipinski definition) is 1. The van der Waals surface area contributed by atoms with Crippen molar-refractivity contribution in [2.24, 2.45) is 5.41 Å². The van der Waals surface area contributed by atoms with Crippen LogP contribution in [0.1, 0.15) is 25.0 Å². The Kier molecular flexibility index (Phi) is 2.14.